The minimum absolute atomic E-state index is 0.396. The van der Waals surface area contributed by atoms with Gasteiger partial charge in [-0.2, -0.15) is 0 Å². The van der Waals surface area contributed by atoms with Crippen molar-refractivity contribution in [3.05, 3.63) is 145 Å². The minimum atomic E-state index is 0.396. The minimum Gasteiger partial charge on any atom is -0.0955 e. The molecule has 0 spiro atoms. The zero-order valence-electron chi connectivity index (χ0n) is 19.7. The van der Waals surface area contributed by atoms with E-state index in [0.29, 0.717) is 5.92 Å². The molecule has 1 unspecified atom stereocenters. The SMILES string of the molecule is C=C(C)C1=CC(c2cccc(-c3cc(-c4ccccc4)cc(-c4ccccc4)c3)c2)CCC=C1. The Morgan fingerprint density at radius 3 is 1.79 bits per heavy atom. The quantitative estimate of drug-likeness (QED) is 0.291. The zero-order valence-corrected chi connectivity index (χ0v) is 19.7. The highest BCUT2D eigenvalue weighted by atomic mass is 14.2. The second-order valence-electron chi connectivity index (χ2n) is 9.15. The third kappa shape index (κ3) is 4.87. The van der Waals surface area contributed by atoms with Crippen LogP contribution in [0, 0.1) is 0 Å². The monoisotopic (exact) mass is 438 g/mol. The second kappa shape index (κ2) is 9.93. The molecule has 0 N–H and O–H groups in total. The first-order valence-electron chi connectivity index (χ1n) is 12.1. The molecule has 34 heavy (non-hydrogen) atoms. The fourth-order valence-electron chi connectivity index (χ4n) is 4.73. The van der Waals surface area contributed by atoms with Crippen LogP contribution in [0.25, 0.3) is 33.4 Å². The van der Waals surface area contributed by atoms with Crippen molar-refractivity contribution in [2.45, 2.75) is 25.7 Å². The van der Waals surface area contributed by atoms with Gasteiger partial charge in [-0.3, -0.25) is 0 Å². The Morgan fingerprint density at radius 2 is 1.21 bits per heavy atom. The summed E-state index contributed by atoms with van der Waals surface area (Å²) in [7, 11) is 0. The van der Waals surface area contributed by atoms with Crippen molar-refractivity contribution < 1.29 is 0 Å². The predicted molar refractivity (Wildman–Crippen MR) is 147 cm³/mol. The van der Waals surface area contributed by atoms with E-state index in [9.17, 15) is 0 Å². The van der Waals surface area contributed by atoms with Gasteiger partial charge in [0.05, 0.1) is 0 Å². The molecule has 0 aliphatic heterocycles. The lowest BCUT2D eigenvalue weighted by Crippen LogP contribution is -1.96. The fourth-order valence-corrected chi connectivity index (χ4v) is 4.73. The van der Waals surface area contributed by atoms with E-state index in [1.807, 2.05) is 0 Å². The van der Waals surface area contributed by atoms with E-state index in [0.717, 1.165) is 18.4 Å². The predicted octanol–water partition coefficient (Wildman–Crippen LogP) is 9.62. The van der Waals surface area contributed by atoms with Crippen LogP contribution in [0.5, 0.6) is 0 Å². The van der Waals surface area contributed by atoms with Crippen LogP contribution in [0.3, 0.4) is 0 Å². The van der Waals surface area contributed by atoms with Crippen LogP contribution in [-0.4, -0.2) is 0 Å². The van der Waals surface area contributed by atoms with Crippen LogP contribution in [0.2, 0.25) is 0 Å². The highest BCUT2D eigenvalue weighted by molar-refractivity contribution is 5.81. The van der Waals surface area contributed by atoms with Gasteiger partial charge >= 0.3 is 0 Å². The molecule has 4 aromatic rings. The summed E-state index contributed by atoms with van der Waals surface area (Å²) in [5.41, 5.74) is 11.2. The summed E-state index contributed by atoms with van der Waals surface area (Å²) in [5, 5.41) is 0. The van der Waals surface area contributed by atoms with Crippen molar-refractivity contribution in [3.8, 4) is 33.4 Å². The van der Waals surface area contributed by atoms with Crippen LogP contribution in [0.15, 0.2) is 139 Å². The molecule has 0 radical (unpaired) electrons. The maximum atomic E-state index is 4.17. The largest absolute Gasteiger partial charge is 0.0955 e. The van der Waals surface area contributed by atoms with E-state index in [2.05, 4.69) is 135 Å². The Labute approximate surface area is 203 Å². The van der Waals surface area contributed by atoms with Crippen molar-refractivity contribution in [1.29, 1.82) is 0 Å². The second-order valence-corrected chi connectivity index (χ2v) is 9.15. The molecule has 0 amide bonds. The van der Waals surface area contributed by atoms with Crippen molar-refractivity contribution in [2.24, 2.45) is 0 Å². The summed E-state index contributed by atoms with van der Waals surface area (Å²) in [5.74, 6) is 0.396. The van der Waals surface area contributed by atoms with Gasteiger partial charge in [0.15, 0.2) is 0 Å². The summed E-state index contributed by atoms with van der Waals surface area (Å²) < 4.78 is 0. The normalized spacial score (nSPS) is 15.4. The summed E-state index contributed by atoms with van der Waals surface area (Å²) in [6.45, 7) is 6.26. The van der Waals surface area contributed by atoms with Crippen LogP contribution in [0.1, 0.15) is 31.2 Å². The van der Waals surface area contributed by atoms with Gasteiger partial charge in [0.1, 0.15) is 0 Å². The topological polar surface area (TPSA) is 0 Å². The lowest BCUT2D eigenvalue weighted by molar-refractivity contribution is 0.755. The molecule has 0 bridgehead atoms. The number of benzene rings is 4. The van der Waals surface area contributed by atoms with E-state index < -0.39 is 0 Å². The highest BCUT2D eigenvalue weighted by Gasteiger charge is 2.14. The van der Waals surface area contributed by atoms with Crippen LogP contribution >= 0.6 is 0 Å². The molecule has 5 rings (SSSR count). The smallest absolute Gasteiger partial charge is 0.00302 e. The van der Waals surface area contributed by atoms with Crippen LogP contribution in [0.4, 0.5) is 0 Å². The molecule has 0 heteroatoms. The van der Waals surface area contributed by atoms with Gasteiger partial charge in [0.25, 0.3) is 0 Å². The molecule has 1 aliphatic carbocycles. The Bertz CT molecular complexity index is 1300. The average Bonchev–Trinajstić information content (AvgIpc) is 3.16. The molecule has 0 nitrogen and oxygen atoms in total. The van der Waals surface area contributed by atoms with E-state index in [-0.39, 0.29) is 0 Å². The maximum absolute atomic E-state index is 4.17. The molecular formula is C34H30. The third-order valence-electron chi connectivity index (χ3n) is 6.61. The van der Waals surface area contributed by atoms with Gasteiger partial charge in [-0.15, -0.1) is 0 Å². The molecular weight excluding hydrogens is 408 g/mol. The number of hydrogen-bond acceptors (Lipinski definition) is 0. The van der Waals surface area contributed by atoms with Gasteiger partial charge in [0, 0.05) is 5.92 Å². The maximum Gasteiger partial charge on any atom is 0.00302 e. The van der Waals surface area contributed by atoms with E-state index in [1.165, 1.54) is 44.5 Å². The Kier molecular flexibility index (Phi) is 6.40. The molecule has 0 fully saturated rings. The van der Waals surface area contributed by atoms with Crippen molar-refractivity contribution in [3.63, 3.8) is 0 Å². The fraction of sp³-hybridized carbons (Fsp3) is 0.118. The molecule has 166 valence electrons. The molecule has 0 saturated heterocycles. The third-order valence-corrected chi connectivity index (χ3v) is 6.61. The van der Waals surface area contributed by atoms with E-state index in [1.54, 1.807) is 0 Å². The summed E-state index contributed by atoms with van der Waals surface area (Å²) in [4.78, 5) is 0. The summed E-state index contributed by atoms with van der Waals surface area (Å²) >= 11 is 0. The molecule has 0 saturated carbocycles. The van der Waals surface area contributed by atoms with Gasteiger partial charge in [-0.25, -0.2) is 0 Å². The summed E-state index contributed by atoms with van der Waals surface area (Å²) in [6, 6.07) is 37.4. The van der Waals surface area contributed by atoms with E-state index >= 15 is 0 Å². The number of allylic oxidation sites excluding steroid dienone is 5. The first-order valence-corrected chi connectivity index (χ1v) is 12.1. The zero-order chi connectivity index (χ0) is 23.3. The first kappa shape index (κ1) is 21.9. The molecule has 1 aliphatic rings. The first-order chi connectivity index (χ1) is 16.7. The molecule has 4 aromatic carbocycles. The number of rotatable bonds is 5. The Hall–Kier alpha value is -3.90. The average molecular weight is 439 g/mol. The van der Waals surface area contributed by atoms with Crippen LogP contribution < -0.4 is 0 Å². The summed E-state index contributed by atoms with van der Waals surface area (Å²) in [6.07, 6.45) is 9.10. The van der Waals surface area contributed by atoms with Crippen molar-refractivity contribution in [2.75, 3.05) is 0 Å². The molecule has 0 heterocycles. The Morgan fingerprint density at radius 1 is 0.647 bits per heavy atom. The molecule has 1 atom stereocenters. The van der Waals surface area contributed by atoms with Crippen LogP contribution in [-0.2, 0) is 0 Å². The standard InChI is InChI=1S/C34H30/c1-25(2)28-16-9-10-17-29(20-28)30-18-11-19-31(21-30)34-23-32(26-12-5-3-6-13-26)22-33(24-34)27-14-7-4-8-15-27/h3-9,11-16,18-24,29H,1,10,17H2,2H3. The lowest BCUT2D eigenvalue weighted by Gasteiger charge is -2.16. The lowest BCUT2D eigenvalue weighted by atomic mass is 9.89. The van der Waals surface area contributed by atoms with Crippen molar-refractivity contribution in [1.82, 2.24) is 0 Å². The van der Waals surface area contributed by atoms with Gasteiger partial charge < -0.3 is 0 Å². The van der Waals surface area contributed by atoms with E-state index in [4.69, 9.17) is 0 Å². The molecule has 0 aromatic heterocycles. The van der Waals surface area contributed by atoms with Crippen molar-refractivity contribution >= 4 is 0 Å². The van der Waals surface area contributed by atoms with Gasteiger partial charge in [-0.1, -0.05) is 115 Å². The number of hydrogen-bond donors (Lipinski definition) is 0. The Balaban J connectivity index is 1.60. The van der Waals surface area contributed by atoms with Gasteiger partial charge in [0.2, 0.25) is 0 Å². The highest BCUT2D eigenvalue weighted by Crippen LogP contribution is 2.35. The van der Waals surface area contributed by atoms with Gasteiger partial charge in [-0.05, 0) is 82.5 Å².